The number of carbonyl (C=O) groups is 4. The average Bonchev–Trinajstić information content (AvgIpc) is 4.01. The van der Waals surface area contributed by atoms with Crippen molar-refractivity contribution in [2.24, 2.45) is 17.8 Å². The topological polar surface area (TPSA) is 195 Å². The van der Waals surface area contributed by atoms with E-state index in [9.17, 15) is 40.8 Å². The fourth-order valence-electron chi connectivity index (χ4n) is 7.19. The van der Waals surface area contributed by atoms with Crippen LogP contribution in [0.25, 0.3) is 11.0 Å². The molecule has 7 atom stereocenters. The van der Waals surface area contributed by atoms with Crippen molar-refractivity contribution >= 4 is 44.9 Å². The molecule has 3 heterocycles. The van der Waals surface area contributed by atoms with Crippen molar-refractivity contribution in [3.63, 3.8) is 0 Å². The Balaban J connectivity index is 1.33. The lowest BCUT2D eigenvalue weighted by molar-refractivity contribution is -0.244. The van der Waals surface area contributed by atoms with Crippen molar-refractivity contribution in [3.05, 3.63) is 36.5 Å². The predicted molar refractivity (Wildman–Crippen MR) is 199 cm³/mol. The number of nitrogens with zero attached hydrogens (tertiary/aromatic N) is 3. The number of rotatable bonds is 8. The molecular weight excluding hydrogens is 774 g/mol. The van der Waals surface area contributed by atoms with E-state index in [2.05, 4.69) is 25.3 Å². The molecule has 3 N–H and O–H groups in total. The zero-order valence-corrected chi connectivity index (χ0v) is 33.5. The number of amides is 4. The van der Waals surface area contributed by atoms with Gasteiger partial charge in [0.2, 0.25) is 33.3 Å². The molecule has 15 nitrogen and oxygen atoms in total. The standard InChI is InChI=1S/C38H49F3N6O9S/c1-21-8-7-9-22(2)30(44-34(51)56-35(3,4)38(39,40)41)32(49)47-20-25(55-29-19-42-26-13-12-24(54-6)16-27(26)43-29)17-28(47)31(48)45-37(18-23(37)11-10-21)33(50)46-57(52,53)36(5)14-15-36/h10-13,16,19,21-23,25,28,30H,7-9,14-15,17-18,20H2,1-6H3,(H,44,51)(H,45,48)(H,46,50)/b11-10-/t21-,22+,23+,25+,28-,30-,37+/m0/s1. The van der Waals surface area contributed by atoms with E-state index in [4.69, 9.17) is 14.2 Å². The summed E-state index contributed by atoms with van der Waals surface area (Å²) in [7, 11) is -2.58. The summed E-state index contributed by atoms with van der Waals surface area (Å²) in [6, 6.07) is 2.31. The first kappa shape index (κ1) is 41.9. The third-order valence-corrected chi connectivity index (χ3v) is 13.7. The Bertz CT molecular complexity index is 2060. The van der Waals surface area contributed by atoms with Gasteiger partial charge in [0, 0.05) is 18.4 Å². The number of hydrogen-bond acceptors (Lipinski definition) is 11. The molecule has 4 aliphatic rings. The van der Waals surface area contributed by atoms with Gasteiger partial charge < -0.3 is 29.7 Å². The van der Waals surface area contributed by atoms with Gasteiger partial charge in [-0.3, -0.25) is 19.1 Å². The van der Waals surface area contributed by atoms with E-state index in [1.165, 1.54) is 20.2 Å². The molecule has 312 valence electrons. The number of aromatic nitrogens is 2. The number of alkyl halides is 3. The van der Waals surface area contributed by atoms with Crippen molar-refractivity contribution in [2.45, 2.75) is 120 Å². The Hall–Kier alpha value is -4.68. The summed E-state index contributed by atoms with van der Waals surface area (Å²) in [5.41, 5.74) is -3.55. The molecular formula is C38H49F3N6O9S. The summed E-state index contributed by atoms with van der Waals surface area (Å²) in [5.74, 6) is -3.12. The quantitative estimate of drug-likeness (QED) is 0.321. The summed E-state index contributed by atoms with van der Waals surface area (Å²) in [6.45, 7) is 6.28. The second kappa shape index (κ2) is 15.2. The Morgan fingerprint density at radius 3 is 2.46 bits per heavy atom. The number of fused-ring (bicyclic) bond motifs is 3. The minimum Gasteiger partial charge on any atom is -0.497 e. The number of alkyl carbamates (subject to hydrolysis) is 1. The molecule has 2 aliphatic heterocycles. The van der Waals surface area contributed by atoms with Gasteiger partial charge in [-0.05, 0) is 76.8 Å². The molecule has 1 aromatic heterocycles. The van der Waals surface area contributed by atoms with Crippen molar-refractivity contribution in [1.29, 1.82) is 0 Å². The monoisotopic (exact) mass is 822 g/mol. The lowest BCUT2D eigenvalue weighted by atomic mass is 9.92. The molecule has 19 heteroatoms. The van der Waals surface area contributed by atoms with E-state index in [1.807, 2.05) is 13.0 Å². The van der Waals surface area contributed by atoms with E-state index < -0.39 is 85.9 Å². The third kappa shape index (κ3) is 8.77. The van der Waals surface area contributed by atoms with Gasteiger partial charge >= 0.3 is 12.3 Å². The molecule has 4 amide bonds. The van der Waals surface area contributed by atoms with E-state index in [-0.39, 0.29) is 31.2 Å². The first-order valence-electron chi connectivity index (χ1n) is 19.0. The average molecular weight is 823 g/mol. The minimum atomic E-state index is -4.91. The number of halogens is 3. The second-order valence-corrected chi connectivity index (χ2v) is 18.7. The molecule has 0 radical (unpaired) electrons. The van der Waals surface area contributed by atoms with Crippen molar-refractivity contribution in [2.75, 3.05) is 13.7 Å². The van der Waals surface area contributed by atoms with Crippen LogP contribution in [0.2, 0.25) is 0 Å². The van der Waals surface area contributed by atoms with Gasteiger partial charge in [0.1, 0.15) is 29.5 Å². The number of ether oxygens (including phenoxy) is 3. The fraction of sp³-hybridized carbons (Fsp3) is 0.632. The molecule has 2 saturated carbocycles. The Morgan fingerprint density at radius 2 is 1.79 bits per heavy atom. The maximum atomic E-state index is 14.6. The first-order chi connectivity index (χ1) is 26.6. The van der Waals surface area contributed by atoms with Gasteiger partial charge in [-0.15, -0.1) is 0 Å². The predicted octanol–water partition coefficient (Wildman–Crippen LogP) is 4.31. The van der Waals surface area contributed by atoms with Crippen molar-refractivity contribution < 1.29 is 55.0 Å². The summed E-state index contributed by atoms with van der Waals surface area (Å²) < 4.78 is 84.7. The van der Waals surface area contributed by atoms with Crippen LogP contribution in [0.1, 0.15) is 79.6 Å². The lowest BCUT2D eigenvalue weighted by Crippen LogP contribution is -2.59. The van der Waals surface area contributed by atoms with Crippen molar-refractivity contribution in [3.8, 4) is 11.6 Å². The van der Waals surface area contributed by atoms with Gasteiger partial charge in [0.25, 0.3) is 5.91 Å². The maximum Gasteiger partial charge on any atom is 0.427 e. The highest BCUT2D eigenvalue weighted by Crippen LogP contribution is 2.48. The molecule has 1 saturated heterocycles. The molecule has 0 unspecified atom stereocenters. The largest absolute Gasteiger partial charge is 0.497 e. The number of nitrogens with one attached hydrogen (secondary N) is 3. The smallest absolute Gasteiger partial charge is 0.427 e. The zero-order valence-electron chi connectivity index (χ0n) is 32.6. The molecule has 0 bridgehead atoms. The summed E-state index contributed by atoms with van der Waals surface area (Å²) in [5, 5.41) is 5.14. The van der Waals surface area contributed by atoms with Crippen LogP contribution >= 0.6 is 0 Å². The van der Waals surface area contributed by atoms with Crippen LogP contribution in [0, 0.1) is 17.8 Å². The van der Waals surface area contributed by atoms with E-state index >= 15 is 0 Å². The molecule has 2 aliphatic carbocycles. The van der Waals surface area contributed by atoms with E-state index in [0.29, 0.717) is 62.7 Å². The molecule has 57 heavy (non-hydrogen) atoms. The van der Waals surface area contributed by atoms with E-state index in [1.54, 1.807) is 31.2 Å². The Kier molecular flexibility index (Phi) is 11.2. The molecule has 6 rings (SSSR count). The van der Waals surface area contributed by atoms with Gasteiger partial charge in [0.15, 0.2) is 0 Å². The van der Waals surface area contributed by atoms with Crippen molar-refractivity contribution in [1.82, 2.24) is 30.2 Å². The summed E-state index contributed by atoms with van der Waals surface area (Å²) in [4.78, 5) is 66.0. The fourth-order valence-corrected chi connectivity index (χ4v) is 8.50. The Morgan fingerprint density at radius 1 is 1.07 bits per heavy atom. The maximum absolute atomic E-state index is 14.6. The highest BCUT2D eigenvalue weighted by Gasteiger charge is 2.63. The third-order valence-electron chi connectivity index (χ3n) is 11.6. The van der Waals surface area contributed by atoms with Crippen LogP contribution in [-0.4, -0.2) is 101 Å². The minimum absolute atomic E-state index is 0.0338. The van der Waals surface area contributed by atoms with Gasteiger partial charge in [-0.2, -0.15) is 13.2 Å². The SMILES string of the molecule is COc1ccc2ncc(O[C@@H]3C[C@H]4C(=O)N[C@]5(C(=O)NS(=O)(=O)C6(C)CC6)C[C@H]5/C=C\[C@@H](C)CCC[C@@H](C)[C@H](NC(=O)OC(C)(C)C(F)(F)F)C(=O)N4C3)nc2c1. The van der Waals surface area contributed by atoms with Gasteiger partial charge in [-0.25, -0.2) is 23.2 Å². The number of allylic oxidation sites excluding steroid dienone is 1. The Labute approximate surface area is 328 Å². The second-order valence-electron chi connectivity index (χ2n) is 16.5. The molecule has 3 fully saturated rings. The van der Waals surface area contributed by atoms with E-state index in [0.717, 1.165) is 4.90 Å². The molecule has 2 aromatic rings. The number of methoxy groups -OCH3 is 1. The van der Waals surface area contributed by atoms with Crippen LogP contribution in [0.5, 0.6) is 11.6 Å². The first-order valence-corrected chi connectivity index (χ1v) is 20.5. The number of sulfonamides is 1. The van der Waals surface area contributed by atoms with Crippen LogP contribution in [0.15, 0.2) is 36.5 Å². The van der Waals surface area contributed by atoms with Gasteiger partial charge in [-0.1, -0.05) is 32.4 Å². The molecule has 0 spiro atoms. The molecule has 1 aromatic carbocycles. The number of benzene rings is 1. The highest BCUT2D eigenvalue weighted by molar-refractivity contribution is 7.91. The van der Waals surface area contributed by atoms with Crippen LogP contribution in [0.4, 0.5) is 18.0 Å². The zero-order chi connectivity index (χ0) is 41.7. The lowest BCUT2D eigenvalue weighted by Gasteiger charge is -2.33. The normalized spacial score (nSPS) is 29.7. The summed E-state index contributed by atoms with van der Waals surface area (Å²) >= 11 is 0. The number of carbonyl (C=O) groups excluding carboxylic acids is 4. The van der Waals surface area contributed by atoms with Crippen LogP contribution in [0.3, 0.4) is 0 Å². The number of hydrogen-bond donors (Lipinski definition) is 3. The van der Waals surface area contributed by atoms with Crippen LogP contribution in [-0.2, 0) is 29.1 Å². The van der Waals surface area contributed by atoms with Crippen LogP contribution < -0.4 is 24.8 Å². The van der Waals surface area contributed by atoms with Gasteiger partial charge in [0.05, 0.1) is 35.6 Å². The highest BCUT2D eigenvalue weighted by atomic mass is 32.2. The summed E-state index contributed by atoms with van der Waals surface area (Å²) in [6.07, 6.45) is 0.0130.